The van der Waals surface area contributed by atoms with Crippen molar-refractivity contribution in [1.29, 1.82) is 0 Å². The fourth-order valence-electron chi connectivity index (χ4n) is 0.523. The van der Waals surface area contributed by atoms with E-state index in [2.05, 4.69) is 14.4 Å². The minimum absolute atomic E-state index is 0.141. The van der Waals surface area contributed by atoms with E-state index in [9.17, 15) is 4.79 Å². The van der Waals surface area contributed by atoms with Crippen LogP contribution in [0.25, 0.3) is 0 Å². The Bertz CT molecular complexity index is 205. The second-order valence-corrected chi connectivity index (χ2v) is 1.60. The highest BCUT2D eigenvalue weighted by Gasteiger charge is 2.08. The minimum atomic E-state index is -0.472. The average molecular weight is 141 g/mol. The Kier molecular flexibility index (Phi) is 2.04. The van der Waals surface area contributed by atoms with Crippen LogP contribution in [0.3, 0.4) is 0 Å². The molecular weight excluding hydrogens is 134 g/mol. The van der Waals surface area contributed by atoms with E-state index in [1.54, 1.807) is 6.92 Å². The number of carbonyl (C=O) groups is 1. The minimum Gasteiger partial charge on any atom is -0.460 e. The molecule has 4 nitrogen and oxygen atoms in total. The molecule has 0 unspecified atom stereocenters. The summed E-state index contributed by atoms with van der Waals surface area (Å²) < 4.78 is 9.14. The molecule has 4 heteroatoms. The first-order chi connectivity index (χ1) is 4.84. The average Bonchev–Trinajstić information content (AvgIpc) is 2.38. The summed E-state index contributed by atoms with van der Waals surface area (Å²) in [4.78, 5) is 10.7. The van der Waals surface area contributed by atoms with Crippen LogP contribution in [0.4, 0.5) is 0 Å². The Morgan fingerprint density at radius 2 is 2.70 bits per heavy atom. The maximum atomic E-state index is 10.7. The fraction of sp³-hybridized carbons (Fsp3) is 0.333. The van der Waals surface area contributed by atoms with Crippen LogP contribution in [-0.2, 0) is 4.74 Å². The van der Waals surface area contributed by atoms with E-state index >= 15 is 0 Å². The van der Waals surface area contributed by atoms with E-state index in [0.717, 1.165) is 0 Å². The van der Waals surface area contributed by atoms with Gasteiger partial charge in [0.1, 0.15) is 0 Å². The lowest BCUT2D eigenvalue weighted by Crippen LogP contribution is -2.02. The van der Waals surface area contributed by atoms with Gasteiger partial charge in [0.25, 0.3) is 0 Å². The monoisotopic (exact) mass is 141 g/mol. The van der Waals surface area contributed by atoms with Gasteiger partial charge in [0.2, 0.25) is 5.76 Å². The Morgan fingerprint density at radius 1 is 1.90 bits per heavy atom. The predicted octanol–water partition coefficient (Wildman–Crippen LogP) is 0.851. The molecule has 0 saturated heterocycles. The molecule has 0 aliphatic carbocycles. The van der Waals surface area contributed by atoms with Crippen molar-refractivity contribution in [2.75, 3.05) is 6.61 Å². The van der Waals surface area contributed by atoms with Crippen LogP contribution in [0.1, 0.15) is 17.5 Å². The quantitative estimate of drug-likeness (QED) is 0.573. The molecular formula is C6H7NO3. The molecule has 0 bridgehead atoms. The van der Waals surface area contributed by atoms with Crippen molar-refractivity contribution in [3.05, 3.63) is 18.0 Å². The summed E-state index contributed by atoms with van der Waals surface area (Å²) in [6, 6.07) is 1.46. The first-order valence-electron chi connectivity index (χ1n) is 2.92. The summed E-state index contributed by atoms with van der Waals surface area (Å²) in [5.41, 5.74) is 0. The van der Waals surface area contributed by atoms with Gasteiger partial charge in [-0.2, -0.15) is 0 Å². The first kappa shape index (κ1) is 6.80. The van der Waals surface area contributed by atoms with Gasteiger partial charge in [-0.3, -0.25) is 0 Å². The van der Waals surface area contributed by atoms with Crippen LogP contribution in [0, 0.1) is 0 Å². The van der Waals surface area contributed by atoms with Gasteiger partial charge in [0.15, 0.2) is 0 Å². The molecule has 10 heavy (non-hydrogen) atoms. The number of nitrogens with zero attached hydrogens (tertiary/aromatic N) is 1. The van der Waals surface area contributed by atoms with Crippen molar-refractivity contribution >= 4 is 5.97 Å². The molecule has 0 N–H and O–H groups in total. The topological polar surface area (TPSA) is 52.3 Å². The summed E-state index contributed by atoms with van der Waals surface area (Å²) in [5, 5.41) is 3.35. The number of hydrogen-bond acceptors (Lipinski definition) is 4. The van der Waals surface area contributed by atoms with Crippen LogP contribution < -0.4 is 0 Å². The van der Waals surface area contributed by atoms with Gasteiger partial charge >= 0.3 is 5.97 Å². The molecule has 1 aromatic heterocycles. The normalized spacial score (nSPS) is 9.30. The van der Waals surface area contributed by atoms with Gasteiger partial charge in [-0.15, -0.1) is 0 Å². The highest BCUT2D eigenvalue weighted by atomic mass is 16.6. The van der Waals surface area contributed by atoms with Crippen LogP contribution in [0.15, 0.2) is 16.8 Å². The Morgan fingerprint density at radius 3 is 3.20 bits per heavy atom. The van der Waals surface area contributed by atoms with E-state index in [-0.39, 0.29) is 5.76 Å². The summed E-state index contributed by atoms with van der Waals surface area (Å²) >= 11 is 0. The molecule has 0 spiro atoms. The SMILES string of the molecule is CCOC(=O)c1ccno1. The van der Waals surface area contributed by atoms with Crippen molar-refractivity contribution in [2.24, 2.45) is 0 Å². The largest absolute Gasteiger partial charge is 0.460 e. The molecule has 0 aliphatic heterocycles. The van der Waals surface area contributed by atoms with Crippen molar-refractivity contribution in [1.82, 2.24) is 5.16 Å². The van der Waals surface area contributed by atoms with Crippen molar-refractivity contribution < 1.29 is 14.1 Å². The van der Waals surface area contributed by atoms with Crippen LogP contribution >= 0.6 is 0 Å². The fourth-order valence-corrected chi connectivity index (χ4v) is 0.523. The summed E-state index contributed by atoms with van der Waals surface area (Å²) in [7, 11) is 0. The van der Waals surface area contributed by atoms with Gasteiger partial charge in [-0.25, -0.2) is 4.79 Å². The molecule has 0 amide bonds. The highest BCUT2D eigenvalue weighted by molar-refractivity contribution is 5.85. The summed E-state index contributed by atoms with van der Waals surface area (Å²) in [5.74, 6) is -0.332. The Balaban J connectivity index is 2.59. The maximum absolute atomic E-state index is 10.7. The Hall–Kier alpha value is -1.32. The van der Waals surface area contributed by atoms with Gasteiger partial charge in [-0.1, -0.05) is 5.16 Å². The van der Waals surface area contributed by atoms with Crippen molar-refractivity contribution in [3.63, 3.8) is 0 Å². The Labute approximate surface area is 57.8 Å². The molecule has 0 fully saturated rings. The third-order valence-electron chi connectivity index (χ3n) is 0.914. The molecule has 0 saturated carbocycles. The van der Waals surface area contributed by atoms with E-state index in [4.69, 9.17) is 0 Å². The number of aromatic nitrogens is 1. The lowest BCUT2D eigenvalue weighted by Gasteiger charge is -1.93. The zero-order valence-corrected chi connectivity index (χ0v) is 5.53. The maximum Gasteiger partial charge on any atom is 0.377 e. The first-order valence-corrected chi connectivity index (χ1v) is 2.92. The van der Waals surface area contributed by atoms with E-state index in [0.29, 0.717) is 6.61 Å². The molecule has 0 aliphatic rings. The zero-order valence-electron chi connectivity index (χ0n) is 5.53. The molecule has 1 rings (SSSR count). The van der Waals surface area contributed by atoms with E-state index in [1.165, 1.54) is 12.3 Å². The summed E-state index contributed by atoms with van der Waals surface area (Å²) in [6.07, 6.45) is 1.40. The lowest BCUT2D eigenvalue weighted by atomic mass is 10.5. The third kappa shape index (κ3) is 1.34. The van der Waals surface area contributed by atoms with Crippen LogP contribution in [0.2, 0.25) is 0 Å². The second-order valence-electron chi connectivity index (χ2n) is 1.60. The van der Waals surface area contributed by atoms with Crippen molar-refractivity contribution in [3.8, 4) is 0 Å². The van der Waals surface area contributed by atoms with E-state index < -0.39 is 5.97 Å². The number of hydrogen-bond donors (Lipinski definition) is 0. The lowest BCUT2D eigenvalue weighted by molar-refractivity contribution is 0.0479. The smallest absolute Gasteiger partial charge is 0.377 e. The van der Waals surface area contributed by atoms with E-state index in [1.807, 2.05) is 0 Å². The van der Waals surface area contributed by atoms with Gasteiger partial charge in [-0.05, 0) is 6.92 Å². The third-order valence-corrected chi connectivity index (χ3v) is 0.914. The number of ether oxygens (including phenoxy) is 1. The molecule has 0 aromatic carbocycles. The summed E-state index contributed by atoms with van der Waals surface area (Å²) in [6.45, 7) is 2.08. The van der Waals surface area contributed by atoms with Gasteiger partial charge in [0.05, 0.1) is 12.8 Å². The number of rotatable bonds is 2. The highest BCUT2D eigenvalue weighted by Crippen LogP contribution is 1.98. The van der Waals surface area contributed by atoms with Crippen LogP contribution in [0.5, 0.6) is 0 Å². The molecule has 54 valence electrons. The molecule has 0 radical (unpaired) electrons. The van der Waals surface area contributed by atoms with Gasteiger partial charge < -0.3 is 9.26 Å². The number of carbonyl (C=O) groups excluding carboxylic acids is 1. The molecule has 0 atom stereocenters. The van der Waals surface area contributed by atoms with Gasteiger partial charge in [0, 0.05) is 6.07 Å². The zero-order chi connectivity index (χ0) is 7.40. The van der Waals surface area contributed by atoms with Crippen LogP contribution in [-0.4, -0.2) is 17.7 Å². The number of esters is 1. The second kappa shape index (κ2) is 3.00. The predicted molar refractivity (Wildman–Crippen MR) is 32.5 cm³/mol. The van der Waals surface area contributed by atoms with Crippen molar-refractivity contribution in [2.45, 2.75) is 6.92 Å². The standard InChI is InChI=1S/C6H7NO3/c1-2-9-6(8)5-3-4-7-10-5/h3-4H,2H2,1H3. The molecule has 1 heterocycles. The molecule has 1 aromatic rings.